The Hall–Kier alpha value is -4.56. The van der Waals surface area contributed by atoms with Crippen molar-refractivity contribution in [2.45, 2.75) is 0 Å². The summed E-state index contributed by atoms with van der Waals surface area (Å²) in [6.07, 6.45) is 0. The average molecular weight is 437 g/mol. The van der Waals surface area contributed by atoms with Gasteiger partial charge in [-0.2, -0.15) is 0 Å². The maximum absolute atomic E-state index is 6.23. The van der Waals surface area contributed by atoms with E-state index in [1.165, 1.54) is 11.1 Å². The van der Waals surface area contributed by atoms with Crippen LogP contribution in [0.5, 0.6) is 0 Å². The first-order chi connectivity index (χ1) is 16.9. The monoisotopic (exact) mass is 436 g/mol. The van der Waals surface area contributed by atoms with E-state index in [1.54, 1.807) is 0 Å². The highest BCUT2D eigenvalue weighted by Gasteiger charge is 2.22. The van der Waals surface area contributed by atoms with Gasteiger partial charge in [-0.3, -0.25) is 0 Å². The van der Waals surface area contributed by atoms with E-state index in [9.17, 15) is 0 Å². The second kappa shape index (κ2) is 7.50. The number of benzene rings is 5. The van der Waals surface area contributed by atoms with Crippen molar-refractivity contribution in [3.63, 3.8) is 0 Å². The molecular formula is C32H20O2+2. The SMILES string of the molecule is c1cc(-c2c3ccccc3[o+]c3ccccc23)cc(-c2c3ccccc3[o+]c3ccccc23)c1. The van der Waals surface area contributed by atoms with Crippen LogP contribution in [0.3, 0.4) is 0 Å². The van der Waals surface area contributed by atoms with Crippen LogP contribution in [0, 0.1) is 0 Å². The first-order valence-electron chi connectivity index (χ1n) is 11.4. The second-order valence-electron chi connectivity index (χ2n) is 8.52. The third kappa shape index (κ3) is 2.89. The summed E-state index contributed by atoms with van der Waals surface area (Å²) in [6.45, 7) is 0. The molecule has 0 radical (unpaired) electrons. The number of para-hydroxylation sites is 4. The highest BCUT2D eigenvalue weighted by molar-refractivity contribution is 6.11. The summed E-state index contributed by atoms with van der Waals surface area (Å²) < 4.78 is 12.5. The summed E-state index contributed by atoms with van der Waals surface area (Å²) in [5.74, 6) is 0. The summed E-state index contributed by atoms with van der Waals surface area (Å²) in [6, 6.07) is 41.9. The number of rotatable bonds is 2. The largest absolute Gasteiger partial charge is 0.361 e. The van der Waals surface area contributed by atoms with E-state index >= 15 is 0 Å². The minimum Gasteiger partial charge on any atom is -0.207 e. The molecule has 0 aliphatic carbocycles. The molecule has 0 spiro atoms. The Morgan fingerprint density at radius 2 is 0.647 bits per heavy atom. The maximum Gasteiger partial charge on any atom is 0.361 e. The zero-order valence-electron chi connectivity index (χ0n) is 18.4. The fourth-order valence-electron chi connectivity index (χ4n) is 5.03. The van der Waals surface area contributed by atoms with Crippen LogP contribution in [0.15, 0.2) is 130 Å². The smallest absolute Gasteiger partial charge is 0.207 e. The molecule has 34 heavy (non-hydrogen) atoms. The lowest BCUT2D eigenvalue weighted by atomic mass is 9.92. The van der Waals surface area contributed by atoms with Crippen LogP contribution in [0.2, 0.25) is 0 Å². The van der Waals surface area contributed by atoms with Crippen LogP contribution in [0.25, 0.3) is 66.1 Å². The van der Waals surface area contributed by atoms with Crippen LogP contribution in [0.4, 0.5) is 0 Å². The Morgan fingerprint density at radius 3 is 1.00 bits per heavy atom. The minimum atomic E-state index is 0.885. The van der Waals surface area contributed by atoms with Gasteiger partial charge in [0, 0.05) is 35.4 Å². The Labute approximate surface area is 196 Å². The first kappa shape index (κ1) is 19.0. The topological polar surface area (TPSA) is 22.6 Å². The van der Waals surface area contributed by atoms with Crippen molar-refractivity contribution in [1.82, 2.24) is 0 Å². The van der Waals surface area contributed by atoms with Gasteiger partial charge in [-0.1, -0.05) is 66.7 Å². The van der Waals surface area contributed by atoms with Crippen molar-refractivity contribution < 1.29 is 8.83 Å². The lowest BCUT2D eigenvalue weighted by Crippen LogP contribution is -1.89. The summed E-state index contributed by atoms with van der Waals surface area (Å²) in [7, 11) is 0. The van der Waals surface area contributed by atoms with Gasteiger partial charge in [-0.05, 0) is 41.5 Å². The summed E-state index contributed by atoms with van der Waals surface area (Å²) in [4.78, 5) is 0. The number of hydrogen-bond acceptors (Lipinski definition) is 0. The van der Waals surface area contributed by atoms with Gasteiger partial charge in [0.1, 0.15) is 0 Å². The molecule has 5 aromatic carbocycles. The van der Waals surface area contributed by atoms with E-state index in [-0.39, 0.29) is 0 Å². The molecule has 0 aliphatic rings. The normalized spacial score (nSPS) is 11.5. The van der Waals surface area contributed by atoms with Crippen molar-refractivity contribution in [3.8, 4) is 22.3 Å². The summed E-state index contributed by atoms with van der Waals surface area (Å²) in [5, 5.41) is 4.43. The third-order valence-electron chi connectivity index (χ3n) is 6.51. The van der Waals surface area contributed by atoms with Gasteiger partial charge in [-0.15, -0.1) is 0 Å². The predicted octanol–water partition coefficient (Wildman–Crippen LogP) is 9.38. The molecule has 7 rings (SSSR count). The predicted molar refractivity (Wildman–Crippen MR) is 141 cm³/mol. The van der Waals surface area contributed by atoms with E-state index in [0.29, 0.717) is 0 Å². The quantitative estimate of drug-likeness (QED) is 0.199. The van der Waals surface area contributed by atoms with Crippen molar-refractivity contribution in [1.29, 1.82) is 0 Å². The van der Waals surface area contributed by atoms with Gasteiger partial charge < -0.3 is 0 Å². The average Bonchev–Trinajstić information content (AvgIpc) is 2.90. The van der Waals surface area contributed by atoms with Crippen molar-refractivity contribution in [3.05, 3.63) is 121 Å². The summed E-state index contributed by atoms with van der Waals surface area (Å²) >= 11 is 0. The van der Waals surface area contributed by atoms with Crippen LogP contribution >= 0.6 is 0 Å². The maximum atomic E-state index is 6.23. The summed E-state index contributed by atoms with van der Waals surface area (Å²) in [5.41, 5.74) is 8.24. The van der Waals surface area contributed by atoms with E-state index in [2.05, 4.69) is 72.8 Å². The second-order valence-corrected chi connectivity index (χ2v) is 8.52. The Kier molecular flexibility index (Phi) is 4.18. The first-order valence-corrected chi connectivity index (χ1v) is 11.4. The minimum absolute atomic E-state index is 0.885. The van der Waals surface area contributed by atoms with E-state index in [0.717, 1.165) is 55.0 Å². The highest BCUT2D eigenvalue weighted by atomic mass is 16.3. The molecule has 2 aromatic heterocycles. The van der Waals surface area contributed by atoms with Crippen LogP contribution in [0.1, 0.15) is 0 Å². The van der Waals surface area contributed by atoms with Crippen LogP contribution in [-0.2, 0) is 0 Å². The number of hydrogen-bond donors (Lipinski definition) is 0. The van der Waals surface area contributed by atoms with E-state index in [4.69, 9.17) is 8.83 Å². The van der Waals surface area contributed by atoms with Crippen molar-refractivity contribution in [2.75, 3.05) is 0 Å². The molecule has 2 heterocycles. The molecule has 158 valence electrons. The standard InChI is InChI=1S/C32H20O2/c1-5-16-27-23(12-1)31(24-13-2-6-17-28(24)33-27)21-10-9-11-22(20-21)32-25-14-3-7-18-29(25)34-30-19-8-4-15-26(30)32/h1-20H/q+2. The molecule has 0 bridgehead atoms. The van der Waals surface area contributed by atoms with Gasteiger partial charge in [-0.25, -0.2) is 8.83 Å². The van der Waals surface area contributed by atoms with Crippen LogP contribution in [-0.4, -0.2) is 0 Å². The molecule has 0 saturated carbocycles. The Morgan fingerprint density at radius 1 is 0.324 bits per heavy atom. The lowest BCUT2D eigenvalue weighted by molar-refractivity contribution is 0.661. The van der Waals surface area contributed by atoms with Gasteiger partial charge in [0.2, 0.25) is 0 Å². The van der Waals surface area contributed by atoms with Gasteiger partial charge >= 0.3 is 22.3 Å². The zero-order valence-corrected chi connectivity index (χ0v) is 18.4. The van der Waals surface area contributed by atoms with E-state index in [1.807, 2.05) is 48.5 Å². The molecule has 2 heteroatoms. The van der Waals surface area contributed by atoms with Gasteiger partial charge in [0.15, 0.2) is 0 Å². The highest BCUT2D eigenvalue weighted by Crippen LogP contribution is 2.41. The van der Waals surface area contributed by atoms with E-state index < -0.39 is 0 Å². The van der Waals surface area contributed by atoms with Gasteiger partial charge in [0.05, 0.1) is 21.5 Å². The van der Waals surface area contributed by atoms with Crippen molar-refractivity contribution in [2.24, 2.45) is 0 Å². The Balaban J connectivity index is 1.58. The third-order valence-corrected chi connectivity index (χ3v) is 6.51. The number of fused-ring (bicyclic) bond motifs is 4. The zero-order chi connectivity index (χ0) is 22.5. The Bertz CT molecular complexity index is 1630. The lowest BCUT2D eigenvalue weighted by Gasteiger charge is -2.10. The van der Waals surface area contributed by atoms with Crippen molar-refractivity contribution >= 4 is 43.9 Å². The molecule has 0 N–H and O–H groups in total. The van der Waals surface area contributed by atoms with Gasteiger partial charge in [0.25, 0.3) is 0 Å². The molecule has 0 saturated heterocycles. The molecule has 0 atom stereocenters. The molecule has 0 aliphatic heterocycles. The molecule has 0 fully saturated rings. The molecule has 2 nitrogen and oxygen atoms in total. The fraction of sp³-hybridized carbons (Fsp3) is 0. The molecule has 7 aromatic rings. The molecular weight excluding hydrogens is 416 g/mol. The van der Waals surface area contributed by atoms with Crippen LogP contribution < -0.4 is 0 Å². The fourth-order valence-corrected chi connectivity index (χ4v) is 5.03. The molecule has 0 unspecified atom stereocenters. The molecule has 0 amide bonds.